The Hall–Kier alpha value is -2.92. The second kappa shape index (κ2) is 7.10. The second-order valence-electron chi connectivity index (χ2n) is 5.46. The van der Waals surface area contributed by atoms with E-state index in [0.29, 0.717) is 13.1 Å². The molecule has 3 rings (SSSR count). The van der Waals surface area contributed by atoms with Crippen LogP contribution in [0.5, 0.6) is 5.75 Å². The third-order valence-electron chi connectivity index (χ3n) is 3.84. The van der Waals surface area contributed by atoms with Crippen LogP contribution in [0.15, 0.2) is 65.5 Å². The van der Waals surface area contributed by atoms with E-state index in [4.69, 9.17) is 10.5 Å². The summed E-state index contributed by atoms with van der Waals surface area (Å²) in [6.07, 6.45) is 0. The highest BCUT2D eigenvalue weighted by Gasteiger charge is 2.05. The van der Waals surface area contributed by atoms with Gasteiger partial charge in [0.15, 0.2) is 0 Å². The summed E-state index contributed by atoms with van der Waals surface area (Å²) in [5.41, 5.74) is 9.25. The van der Waals surface area contributed by atoms with Crippen LogP contribution in [0.3, 0.4) is 0 Å². The van der Waals surface area contributed by atoms with Gasteiger partial charge in [0.2, 0.25) is 0 Å². The van der Waals surface area contributed by atoms with E-state index >= 15 is 0 Å². The quantitative estimate of drug-likeness (QED) is 0.783. The fourth-order valence-electron chi connectivity index (χ4n) is 2.43. The topological polar surface area (TPSA) is 70.1 Å². The molecule has 1 aromatic heterocycles. The largest absolute Gasteiger partial charge is 0.497 e. The number of nitrogens with zero attached hydrogens (tertiary/aromatic N) is 2. The molecule has 0 amide bonds. The highest BCUT2D eigenvalue weighted by atomic mass is 16.5. The maximum atomic E-state index is 12.1. The van der Waals surface area contributed by atoms with Gasteiger partial charge in [-0.2, -0.15) is 5.10 Å². The van der Waals surface area contributed by atoms with Crippen molar-refractivity contribution in [3.8, 4) is 17.0 Å². The standard InChI is InChI=1S/C19H19N3O2/c1-24-17-8-4-15(5-9-17)13-22-19(23)11-10-18(21-22)16-6-2-14(12-20)3-7-16/h2-11H,12-13,20H2,1H3. The lowest BCUT2D eigenvalue weighted by atomic mass is 10.1. The van der Waals surface area contributed by atoms with Gasteiger partial charge in [-0.1, -0.05) is 36.4 Å². The lowest BCUT2D eigenvalue weighted by Crippen LogP contribution is -2.22. The van der Waals surface area contributed by atoms with E-state index in [2.05, 4.69) is 5.10 Å². The SMILES string of the molecule is COc1ccc(Cn2nc(-c3ccc(CN)cc3)ccc2=O)cc1. The normalized spacial score (nSPS) is 10.6. The molecule has 2 aromatic carbocycles. The van der Waals surface area contributed by atoms with E-state index < -0.39 is 0 Å². The van der Waals surface area contributed by atoms with Crippen molar-refractivity contribution in [3.05, 3.63) is 82.1 Å². The summed E-state index contributed by atoms with van der Waals surface area (Å²) in [4.78, 5) is 12.1. The Balaban J connectivity index is 1.88. The maximum Gasteiger partial charge on any atom is 0.267 e. The van der Waals surface area contributed by atoms with Crippen LogP contribution in [-0.4, -0.2) is 16.9 Å². The van der Waals surface area contributed by atoms with Gasteiger partial charge in [0, 0.05) is 18.2 Å². The molecule has 5 nitrogen and oxygen atoms in total. The van der Waals surface area contributed by atoms with Gasteiger partial charge in [0.25, 0.3) is 5.56 Å². The highest BCUT2D eigenvalue weighted by molar-refractivity contribution is 5.58. The summed E-state index contributed by atoms with van der Waals surface area (Å²) in [7, 11) is 1.63. The molecule has 1 heterocycles. The van der Waals surface area contributed by atoms with Crippen molar-refractivity contribution in [2.75, 3.05) is 7.11 Å². The van der Waals surface area contributed by atoms with Crippen LogP contribution in [0.1, 0.15) is 11.1 Å². The Morgan fingerprint density at radius 3 is 2.25 bits per heavy atom. The maximum absolute atomic E-state index is 12.1. The first-order valence-corrected chi connectivity index (χ1v) is 7.70. The number of hydrogen-bond acceptors (Lipinski definition) is 4. The van der Waals surface area contributed by atoms with Crippen LogP contribution in [0.2, 0.25) is 0 Å². The van der Waals surface area contributed by atoms with E-state index in [1.807, 2.05) is 48.5 Å². The molecule has 122 valence electrons. The predicted molar refractivity (Wildman–Crippen MR) is 93.9 cm³/mol. The molecule has 0 saturated carbocycles. The second-order valence-corrected chi connectivity index (χ2v) is 5.46. The van der Waals surface area contributed by atoms with Crippen LogP contribution in [-0.2, 0) is 13.1 Å². The molecule has 0 saturated heterocycles. The van der Waals surface area contributed by atoms with E-state index in [1.165, 1.54) is 4.68 Å². The van der Waals surface area contributed by atoms with Gasteiger partial charge >= 0.3 is 0 Å². The van der Waals surface area contributed by atoms with E-state index in [0.717, 1.165) is 28.1 Å². The first-order chi connectivity index (χ1) is 11.7. The third-order valence-corrected chi connectivity index (χ3v) is 3.84. The van der Waals surface area contributed by atoms with E-state index in [-0.39, 0.29) is 5.56 Å². The zero-order valence-corrected chi connectivity index (χ0v) is 13.5. The molecule has 0 aliphatic carbocycles. The summed E-state index contributed by atoms with van der Waals surface area (Å²) >= 11 is 0. The monoisotopic (exact) mass is 321 g/mol. The summed E-state index contributed by atoms with van der Waals surface area (Å²) in [6.45, 7) is 0.919. The number of methoxy groups -OCH3 is 1. The Bertz CT molecular complexity index is 868. The van der Waals surface area contributed by atoms with E-state index in [1.54, 1.807) is 19.2 Å². The molecule has 0 unspecified atom stereocenters. The third kappa shape index (κ3) is 3.52. The summed E-state index contributed by atoms with van der Waals surface area (Å²) < 4.78 is 6.61. The van der Waals surface area contributed by atoms with Gasteiger partial charge in [-0.3, -0.25) is 4.79 Å². The Labute approximate surface area is 140 Å². The number of ether oxygens (including phenoxy) is 1. The number of rotatable bonds is 5. The Morgan fingerprint density at radius 2 is 1.62 bits per heavy atom. The summed E-state index contributed by atoms with van der Waals surface area (Å²) in [6, 6.07) is 18.7. The lowest BCUT2D eigenvalue weighted by molar-refractivity contribution is 0.414. The zero-order chi connectivity index (χ0) is 16.9. The Morgan fingerprint density at radius 1 is 0.958 bits per heavy atom. The van der Waals surface area contributed by atoms with Crippen LogP contribution in [0.25, 0.3) is 11.3 Å². The molecule has 0 fully saturated rings. The first-order valence-electron chi connectivity index (χ1n) is 7.70. The molecular weight excluding hydrogens is 302 g/mol. The van der Waals surface area contributed by atoms with Crippen molar-refractivity contribution in [1.29, 1.82) is 0 Å². The van der Waals surface area contributed by atoms with Crippen LogP contribution in [0, 0.1) is 0 Å². The summed E-state index contributed by atoms with van der Waals surface area (Å²) in [5.74, 6) is 0.785. The minimum atomic E-state index is -0.131. The molecular formula is C19H19N3O2. The average molecular weight is 321 g/mol. The van der Waals surface area contributed by atoms with Crippen molar-refractivity contribution in [2.24, 2.45) is 5.73 Å². The minimum absolute atomic E-state index is 0.131. The van der Waals surface area contributed by atoms with Crippen molar-refractivity contribution in [2.45, 2.75) is 13.1 Å². The molecule has 24 heavy (non-hydrogen) atoms. The predicted octanol–water partition coefficient (Wildman–Crippen LogP) is 2.43. The van der Waals surface area contributed by atoms with Crippen molar-refractivity contribution < 1.29 is 4.74 Å². The fraction of sp³-hybridized carbons (Fsp3) is 0.158. The van der Waals surface area contributed by atoms with Gasteiger partial charge < -0.3 is 10.5 Å². The van der Waals surface area contributed by atoms with Gasteiger partial charge in [0.1, 0.15) is 5.75 Å². The van der Waals surface area contributed by atoms with Gasteiger partial charge in [-0.15, -0.1) is 0 Å². The van der Waals surface area contributed by atoms with Crippen LogP contribution >= 0.6 is 0 Å². The van der Waals surface area contributed by atoms with Gasteiger partial charge in [-0.05, 0) is 29.3 Å². The van der Waals surface area contributed by atoms with Crippen LogP contribution < -0.4 is 16.0 Å². The molecule has 0 spiro atoms. The molecule has 2 N–H and O–H groups in total. The molecule has 0 bridgehead atoms. The fourth-order valence-corrected chi connectivity index (χ4v) is 2.43. The zero-order valence-electron chi connectivity index (χ0n) is 13.5. The minimum Gasteiger partial charge on any atom is -0.497 e. The molecule has 0 aliphatic rings. The first kappa shape index (κ1) is 16.0. The number of benzene rings is 2. The molecule has 5 heteroatoms. The van der Waals surface area contributed by atoms with Gasteiger partial charge in [0.05, 0.1) is 19.3 Å². The molecule has 0 radical (unpaired) electrons. The number of nitrogens with two attached hydrogens (primary N) is 1. The molecule has 0 atom stereocenters. The van der Waals surface area contributed by atoms with Crippen molar-refractivity contribution >= 4 is 0 Å². The number of aromatic nitrogens is 2. The van der Waals surface area contributed by atoms with Crippen LogP contribution in [0.4, 0.5) is 0 Å². The average Bonchev–Trinajstić information content (AvgIpc) is 2.64. The summed E-state index contributed by atoms with van der Waals surface area (Å²) in [5, 5.41) is 4.48. The number of hydrogen-bond donors (Lipinski definition) is 1. The smallest absolute Gasteiger partial charge is 0.267 e. The molecule has 3 aromatic rings. The molecule has 0 aliphatic heterocycles. The van der Waals surface area contributed by atoms with Gasteiger partial charge in [-0.25, -0.2) is 4.68 Å². The van der Waals surface area contributed by atoms with Crippen molar-refractivity contribution in [1.82, 2.24) is 9.78 Å². The lowest BCUT2D eigenvalue weighted by Gasteiger charge is -2.08. The van der Waals surface area contributed by atoms with E-state index in [9.17, 15) is 4.79 Å². The van der Waals surface area contributed by atoms with Crippen molar-refractivity contribution in [3.63, 3.8) is 0 Å². The highest BCUT2D eigenvalue weighted by Crippen LogP contribution is 2.17. The Kier molecular flexibility index (Phi) is 4.72.